The number of rotatable bonds is 6. The van der Waals surface area contributed by atoms with E-state index in [0.29, 0.717) is 17.9 Å². The van der Waals surface area contributed by atoms with Crippen molar-refractivity contribution < 1.29 is 13.2 Å². The Morgan fingerprint density at radius 1 is 1.07 bits per heavy atom. The second kappa shape index (κ2) is 8.67. The molecule has 30 heavy (non-hydrogen) atoms. The summed E-state index contributed by atoms with van der Waals surface area (Å²) in [4.78, 5) is 2.68. The average molecular weight is 430 g/mol. The monoisotopic (exact) mass is 429 g/mol. The molecule has 0 bridgehead atoms. The molecular formula is C23H31N3O3S. The number of aryl methyl sites for hydroxylation is 1. The van der Waals surface area contributed by atoms with E-state index >= 15 is 0 Å². The summed E-state index contributed by atoms with van der Waals surface area (Å²) in [5.74, 6) is 0. The van der Waals surface area contributed by atoms with Crippen LogP contribution in [0.25, 0.3) is 0 Å². The summed E-state index contributed by atoms with van der Waals surface area (Å²) in [6.07, 6.45) is 2.20. The molecule has 0 spiro atoms. The molecule has 2 aromatic carbocycles. The zero-order valence-corrected chi connectivity index (χ0v) is 18.6. The van der Waals surface area contributed by atoms with Crippen molar-refractivity contribution in [2.24, 2.45) is 0 Å². The van der Waals surface area contributed by atoms with Crippen LogP contribution >= 0.6 is 0 Å². The van der Waals surface area contributed by atoms with E-state index in [0.717, 1.165) is 55.8 Å². The Balaban J connectivity index is 1.72. The third-order valence-electron chi connectivity index (χ3n) is 6.32. The maximum atomic E-state index is 13.8. The minimum atomic E-state index is -3.71. The SMILES string of the molecule is CCc1cc(S(=O)(=O)N2CCCC2(OC)c2ccccc2)ccc1N1CCNCC1. The fraction of sp³-hybridized carbons (Fsp3) is 0.478. The molecule has 0 saturated carbocycles. The first-order valence-corrected chi connectivity index (χ1v) is 12.2. The van der Waals surface area contributed by atoms with Gasteiger partial charge in [-0.1, -0.05) is 37.3 Å². The van der Waals surface area contributed by atoms with Gasteiger partial charge in [-0.25, -0.2) is 8.42 Å². The van der Waals surface area contributed by atoms with E-state index in [4.69, 9.17) is 4.74 Å². The molecule has 0 aliphatic carbocycles. The van der Waals surface area contributed by atoms with Crippen molar-refractivity contribution in [3.63, 3.8) is 0 Å². The van der Waals surface area contributed by atoms with Crippen LogP contribution in [-0.2, 0) is 26.9 Å². The minimum Gasteiger partial charge on any atom is -0.369 e. The highest BCUT2D eigenvalue weighted by molar-refractivity contribution is 7.89. The first-order valence-electron chi connectivity index (χ1n) is 10.7. The Labute approximate surface area is 179 Å². The van der Waals surface area contributed by atoms with E-state index in [1.165, 1.54) is 0 Å². The fourth-order valence-corrected chi connectivity index (χ4v) is 6.55. The van der Waals surface area contributed by atoms with Gasteiger partial charge in [0, 0.05) is 45.5 Å². The van der Waals surface area contributed by atoms with E-state index in [1.807, 2.05) is 42.5 Å². The number of nitrogens with one attached hydrogen (secondary N) is 1. The van der Waals surface area contributed by atoms with Gasteiger partial charge in [0.05, 0.1) is 4.90 Å². The number of anilines is 1. The second-order valence-electron chi connectivity index (χ2n) is 7.92. The van der Waals surface area contributed by atoms with Crippen molar-refractivity contribution in [2.75, 3.05) is 44.7 Å². The maximum Gasteiger partial charge on any atom is 0.245 e. The summed E-state index contributed by atoms with van der Waals surface area (Å²) in [7, 11) is -2.11. The number of hydrogen-bond acceptors (Lipinski definition) is 5. The Hall–Kier alpha value is -1.93. The predicted molar refractivity (Wildman–Crippen MR) is 119 cm³/mol. The lowest BCUT2D eigenvalue weighted by atomic mass is 10.0. The number of methoxy groups -OCH3 is 1. The lowest BCUT2D eigenvalue weighted by Gasteiger charge is -2.37. The summed E-state index contributed by atoms with van der Waals surface area (Å²) in [5.41, 5.74) is 2.13. The van der Waals surface area contributed by atoms with Gasteiger partial charge in [0.1, 0.15) is 0 Å². The number of piperazine rings is 1. The number of sulfonamides is 1. The Kier molecular flexibility index (Phi) is 6.16. The molecule has 162 valence electrons. The molecule has 1 atom stereocenters. The van der Waals surface area contributed by atoms with Crippen LogP contribution in [0.4, 0.5) is 5.69 Å². The Morgan fingerprint density at radius 3 is 2.47 bits per heavy atom. The smallest absolute Gasteiger partial charge is 0.245 e. The van der Waals surface area contributed by atoms with Crippen molar-refractivity contribution in [3.05, 3.63) is 59.7 Å². The van der Waals surface area contributed by atoms with Gasteiger partial charge in [0.25, 0.3) is 0 Å². The van der Waals surface area contributed by atoms with Crippen LogP contribution in [0.1, 0.15) is 30.9 Å². The van der Waals surface area contributed by atoms with Crippen LogP contribution in [-0.4, -0.2) is 52.6 Å². The molecule has 7 heteroatoms. The highest BCUT2D eigenvalue weighted by Gasteiger charge is 2.49. The van der Waals surface area contributed by atoms with Gasteiger partial charge in [0.2, 0.25) is 10.0 Å². The van der Waals surface area contributed by atoms with Crippen LogP contribution in [0.15, 0.2) is 53.4 Å². The molecule has 1 unspecified atom stereocenters. The van der Waals surface area contributed by atoms with Crippen molar-refractivity contribution in [2.45, 2.75) is 36.8 Å². The summed E-state index contributed by atoms with van der Waals surface area (Å²) in [6.45, 7) is 6.30. The van der Waals surface area contributed by atoms with Gasteiger partial charge in [-0.2, -0.15) is 4.31 Å². The van der Waals surface area contributed by atoms with Gasteiger partial charge >= 0.3 is 0 Å². The largest absolute Gasteiger partial charge is 0.369 e. The molecule has 2 fully saturated rings. The van der Waals surface area contributed by atoms with E-state index in [1.54, 1.807) is 17.5 Å². The fourth-order valence-electron chi connectivity index (χ4n) is 4.74. The molecule has 2 aliphatic rings. The number of nitrogens with zero attached hydrogens (tertiary/aromatic N) is 2. The quantitative estimate of drug-likeness (QED) is 0.765. The van der Waals surface area contributed by atoms with Crippen molar-refractivity contribution >= 4 is 15.7 Å². The van der Waals surface area contributed by atoms with Gasteiger partial charge in [0.15, 0.2) is 5.72 Å². The Morgan fingerprint density at radius 2 is 1.80 bits per heavy atom. The van der Waals surface area contributed by atoms with Gasteiger partial charge < -0.3 is 15.0 Å². The van der Waals surface area contributed by atoms with E-state index < -0.39 is 15.7 Å². The molecule has 1 N–H and O–H groups in total. The van der Waals surface area contributed by atoms with Crippen molar-refractivity contribution in [3.8, 4) is 0 Å². The third-order valence-corrected chi connectivity index (χ3v) is 8.23. The minimum absolute atomic E-state index is 0.345. The molecular weight excluding hydrogens is 398 g/mol. The summed E-state index contributed by atoms with van der Waals surface area (Å²) in [5, 5.41) is 3.37. The first-order chi connectivity index (χ1) is 14.5. The van der Waals surface area contributed by atoms with Crippen LogP contribution in [0.5, 0.6) is 0 Å². The predicted octanol–water partition coefficient (Wildman–Crippen LogP) is 2.94. The maximum absolute atomic E-state index is 13.8. The topological polar surface area (TPSA) is 61.9 Å². The molecule has 0 amide bonds. The van der Waals surface area contributed by atoms with E-state index in [-0.39, 0.29) is 0 Å². The van der Waals surface area contributed by atoms with Gasteiger partial charge in [-0.05, 0) is 48.6 Å². The van der Waals surface area contributed by atoms with Crippen LogP contribution in [0.2, 0.25) is 0 Å². The normalized spacial score (nSPS) is 23.1. The number of hydrogen-bond donors (Lipinski definition) is 1. The number of ether oxygens (including phenoxy) is 1. The van der Waals surface area contributed by atoms with E-state index in [2.05, 4.69) is 17.1 Å². The highest BCUT2D eigenvalue weighted by Crippen LogP contribution is 2.43. The first kappa shape index (κ1) is 21.3. The highest BCUT2D eigenvalue weighted by atomic mass is 32.2. The molecule has 0 radical (unpaired) electrons. The van der Waals surface area contributed by atoms with Gasteiger partial charge in [-0.3, -0.25) is 0 Å². The molecule has 6 nitrogen and oxygen atoms in total. The lowest BCUT2D eigenvalue weighted by molar-refractivity contribution is -0.0801. The van der Waals surface area contributed by atoms with Crippen LogP contribution in [0.3, 0.4) is 0 Å². The summed E-state index contributed by atoms with van der Waals surface area (Å²) in [6, 6.07) is 15.3. The van der Waals surface area contributed by atoms with Gasteiger partial charge in [-0.15, -0.1) is 0 Å². The molecule has 2 aliphatic heterocycles. The summed E-state index contributed by atoms with van der Waals surface area (Å²) < 4.78 is 35.0. The second-order valence-corrected chi connectivity index (χ2v) is 9.78. The van der Waals surface area contributed by atoms with Crippen molar-refractivity contribution in [1.29, 1.82) is 0 Å². The lowest BCUT2D eigenvalue weighted by Crippen LogP contribution is -2.46. The third kappa shape index (κ3) is 3.64. The number of benzene rings is 2. The van der Waals surface area contributed by atoms with Crippen molar-refractivity contribution in [1.82, 2.24) is 9.62 Å². The Bertz CT molecular complexity index is 974. The molecule has 0 aromatic heterocycles. The van der Waals surface area contributed by atoms with E-state index in [9.17, 15) is 8.42 Å². The van der Waals surface area contributed by atoms with Crippen LogP contribution in [0, 0.1) is 0 Å². The average Bonchev–Trinajstić information content (AvgIpc) is 3.26. The standard InChI is InChI=1S/C23H31N3O3S/c1-3-19-18-21(10-11-22(19)25-16-13-24-14-17-25)30(27,28)26-15-7-12-23(26,29-2)20-8-5-4-6-9-20/h4-6,8-11,18,24H,3,7,12-17H2,1-2H3. The molecule has 2 aromatic rings. The molecule has 2 saturated heterocycles. The zero-order valence-electron chi connectivity index (χ0n) is 17.8. The summed E-state index contributed by atoms with van der Waals surface area (Å²) >= 11 is 0. The molecule has 2 heterocycles. The van der Waals surface area contributed by atoms with Crippen LogP contribution < -0.4 is 10.2 Å². The zero-order chi connectivity index (χ0) is 21.2. The molecule has 4 rings (SSSR count).